The van der Waals surface area contributed by atoms with Gasteiger partial charge in [0.25, 0.3) is 5.91 Å². The van der Waals surface area contributed by atoms with Crippen molar-refractivity contribution >= 4 is 15.9 Å². The molecule has 0 radical (unpaired) electrons. The molecule has 2 atom stereocenters. The second kappa shape index (κ2) is 8.16. The van der Waals surface area contributed by atoms with E-state index in [1.54, 1.807) is 24.3 Å². The Morgan fingerprint density at radius 1 is 1.28 bits per heavy atom. The number of amides is 1. The van der Waals surface area contributed by atoms with Gasteiger partial charge < -0.3 is 15.0 Å². The van der Waals surface area contributed by atoms with Crippen molar-refractivity contribution in [3.63, 3.8) is 0 Å². The van der Waals surface area contributed by atoms with E-state index >= 15 is 0 Å². The maximum absolute atomic E-state index is 12.5. The van der Waals surface area contributed by atoms with E-state index in [0.29, 0.717) is 37.6 Å². The number of hydrogen-bond acceptors (Lipinski definition) is 5. The fourth-order valence-corrected chi connectivity index (χ4v) is 3.93. The average molecular weight is 369 g/mol. The maximum atomic E-state index is 12.5. The van der Waals surface area contributed by atoms with Gasteiger partial charge in [-0.05, 0) is 45.3 Å². The lowest BCUT2D eigenvalue weighted by atomic mass is 10.0. The van der Waals surface area contributed by atoms with Gasteiger partial charge in [0.05, 0.1) is 12.9 Å². The molecule has 1 fully saturated rings. The summed E-state index contributed by atoms with van der Waals surface area (Å²) in [6.45, 7) is 3.91. The van der Waals surface area contributed by atoms with Crippen LogP contribution in [-0.4, -0.2) is 76.2 Å². The van der Waals surface area contributed by atoms with E-state index < -0.39 is 10.0 Å². The van der Waals surface area contributed by atoms with E-state index in [4.69, 9.17) is 4.74 Å². The summed E-state index contributed by atoms with van der Waals surface area (Å²) in [5, 5.41) is 2.99. The van der Waals surface area contributed by atoms with Gasteiger partial charge in [-0.1, -0.05) is 0 Å². The topological polar surface area (TPSA) is 79.0 Å². The van der Waals surface area contributed by atoms with Crippen molar-refractivity contribution in [2.45, 2.75) is 13.0 Å². The highest BCUT2D eigenvalue weighted by atomic mass is 32.2. The molecule has 140 valence electrons. The molecule has 1 aromatic rings. The highest BCUT2D eigenvalue weighted by Gasteiger charge is 2.38. The van der Waals surface area contributed by atoms with E-state index in [-0.39, 0.29) is 17.9 Å². The average Bonchev–Trinajstić information content (AvgIpc) is 2.90. The number of rotatable bonds is 7. The maximum Gasteiger partial charge on any atom is 0.251 e. The zero-order valence-corrected chi connectivity index (χ0v) is 16.0. The van der Waals surface area contributed by atoms with Crippen LogP contribution in [-0.2, 0) is 10.0 Å². The Labute approximate surface area is 150 Å². The lowest BCUT2D eigenvalue weighted by molar-refractivity contribution is 0.0927. The molecule has 0 aliphatic carbocycles. The van der Waals surface area contributed by atoms with Crippen molar-refractivity contribution in [1.29, 1.82) is 0 Å². The van der Waals surface area contributed by atoms with Crippen LogP contribution in [0.2, 0.25) is 0 Å². The molecule has 0 aromatic heterocycles. The number of benzene rings is 1. The summed E-state index contributed by atoms with van der Waals surface area (Å²) in [5.74, 6) is 0.567. The van der Waals surface area contributed by atoms with E-state index in [1.807, 2.05) is 25.9 Å². The standard InChI is InChI=1S/C17H27N3O4S/c1-5-24-15-8-6-13(7-9-15)17(21)18-16-12-20(25(4,22)23)11-14(16)10-19(2)3/h6-9,14,16H,5,10-12H2,1-4H3,(H,18,21)/t14-,16-/m1/s1. The Morgan fingerprint density at radius 2 is 1.92 bits per heavy atom. The lowest BCUT2D eigenvalue weighted by Crippen LogP contribution is -2.43. The van der Waals surface area contributed by atoms with E-state index in [9.17, 15) is 13.2 Å². The summed E-state index contributed by atoms with van der Waals surface area (Å²) in [6, 6.07) is 6.73. The first-order chi connectivity index (χ1) is 11.7. The van der Waals surface area contributed by atoms with Gasteiger partial charge in [0, 0.05) is 37.2 Å². The molecule has 8 heteroatoms. The third kappa shape index (κ3) is 5.42. The summed E-state index contributed by atoms with van der Waals surface area (Å²) in [7, 11) is 0.608. The molecule has 2 rings (SSSR count). The zero-order valence-electron chi connectivity index (χ0n) is 15.2. The normalized spacial score (nSPS) is 21.5. The molecule has 7 nitrogen and oxygen atoms in total. The molecule has 0 unspecified atom stereocenters. The van der Waals surface area contributed by atoms with Gasteiger partial charge in [0.1, 0.15) is 5.75 Å². The third-order valence-corrected chi connectivity index (χ3v) is 5.46. The number of hydrogen-bond donors (Lipinski definition) is 1. The summed E-state index contributed by atoms with van der Waals surface area (Å²) < 4.78 is 30.5. The van der Waals surface area contributed by atoms with Crippen molar-refractivity contribution < 1.29 is 17.9 Å². The van der Waals surface area contributed by atoms with Crippen LogP contribution in [0, 0.1) is 5.92 Å². The van der Waals surface area contributed by atoms with E-state index in [0.717, 1.165) is 0 Å². The van der Waals surface area contributed by atoms with E-state index in [1.165, 1.54) is 10.6 Å². The monoisotopic (exact) mass is 369 g/mol. The van der Waals surface area contributed by atoms with Crippen LogP contribution in [0.4, 0.5) is 0 Å². The smallest absolute Gasteiger partial charge is 0.251 e. The molecule has 0 bridgehead atoms. The Bertz CT molecular complexity index is 688. The summed E-state index contributed by atoms with van der Waals surface area (Å²) in [5.41, 5.74) is 0.532. The van der Waals surface area contributed by atoms with Crippen LogP contribution < -0.4 is 10.1 Å². The summed E-state index contributed by atoms with van der Waals surface area (Å²) in [6.07, 6.45) is 1.20. The number of ether oxygens (including phenoxy) is 1. The minimum atomic E-state index is -3.27. The Morgan fingerprint density at radius 3 is 2.44 bits per heavy atom. The molecule has 25 heavy (non-hydrogen) atoms. The fraction of sp³-hybridized carbons (Fsp3) is 0.588. The first kappa shape index (κ1) is 19.7. The minimum absolute atomic E-state index is 0.0522. The third-order valence-electron chi connectivity index (χ3n) is 4.22. The number of nitrogens with zero attached hydrogens (tertiary/aromatic N) is 2. The van der Waals surface area contributed by atoms with Crippen molar-refractivity contribution in [3.05, 3.63) is 29.8 Å². The van der Waals surface area contributed by atoms with Crippen LogP contribution in [0.3, 0.4) is 0 Å². The predicted octanol–water partition coefficient (Wildman–Crippen LogP) is 0.637. The zero-order chi connectivity index (χ0) is 18.6. The van der Waals surface area contributed by atoms with Crippen LogP contribution in [0.1, 0.15) is 17.3 Å². The van der Waals surface area contributed by atoms with E-state index in [2.05, 4.69) is 5.32 Å². The summed E-state index contributed by atoms with van der Waals surface area (Å²) in [4.78, 5) is 14.5. The summed E-state index contributed by atoms with van der Waals surface area (Å²) >= 11 is 0. The second-order valence-electron chi connectivity index (χ2n) is 6.64. The van der Waals surface area contributed by atoms with Crippen molar-refractivity contribution in [2.24, 2.45) is 5.92 Å². The van der Waals surface area contributed by atoms with Gasteiger partial charge >= 0.3 is 0 Å². The lowest BCUT2D eigenvalue weighted by Gasteiger charge is -2.22. The molecule has 1 heterocycles. The van der Waals surface area contributed by atoms with Crippen molar-refractivity contribution in [3.8, 4) is 5.75 Å². The van der Waals surface area contributed by atoms with Gasteiger partial charge in [-0.15, -0.1) is 0 Å². The molecule has 1 aliphatic heterocycles. The first-order valence-electron chi connectivity index (χ1n) is 8.34. The molecular formula is C17H27N3O4S. The molecule has 1 saturated heterocycles. The molecule has 0 saturated carbocycles. The Hall–Kier alpha value is -1.64. The van der Waals surface area contributed by atoms with Crippen LogP contribution >= 0.6 is 0 Å². The predicted molar refractivity (Wildman–Crippen MR) is 97.3 cm³/mol. The molecule has 1 amide bonds. The highest BCUT2D eigenvalue weighted by molar-refractivity contribution is 7.88. The Kier molecular flexibility index (Phi) is 6.42. The molecule has 0 spiro atoms. The Balaban J connectivity index is 2.08. The molecular weight excluding hydrogens is 342 g/mol. The minimum Gasteiger partial charge on any atom is -0.494 e. The molecule has 1 aliphatic rings. The quantitative estimate of drug-likeness (QED) is 0.763. The van der Waals surface area contributed by atoms with Gasteiger partial charge in [0.2, 0.25) is 10.0 Å². The van der Waals surface area contributed by atoms with Crippen LogP contribution in [0.15, 0.2) is 24.3 Å². The number of nitrogens with one attached hydrogen (secondary N) is 1. The van der Waals surface area contributed by atoms with Crippen molar-refractivity contribution in [2.75, 3.05) is 46.6 Å². The van der Waals surface area contributed by atoms with Gasteiger partial charge in [-0.2, -0.15) is 4.31 Å². The van der Waals surface area contributed by atoms with Gasteiger partial charge in [-0.3, -0.25) is 4.79 Å². The van der Waals surface area contributed by atoms with Crippen molar-refractivity contribution in [1.82, 2.24) is 14.5 Å². The molecule has 1 N–H and O–H groups in total. The number of carbonyl (C=O) groups excluding carboxylic acids is 1. The molecule has 1 aromatic carbocycles. The van der Waals surface area contributed by atoms with Gasteiger partial charge in [0.15, 0.2) is 0 Å². The highest BCUT2D eigenvalue weighted by Crippen LogP contribution is 2.21. The fourth-order valence-electron chi connectivity index (χ4n) is 3.04. The second-order valence-corrected chi connectivity index (χ2v) is 8.62. The SMILES string of the molecule is CCOc1ccc(C(=O)N[C@@H]2CN(S(C)(=O)=O)C[C@H]2CN(C)C)cc1. The number of carbonyl (C=O) groups is 1. The number of sulfonamides is 1. The largest absolute Gasteiger partial charge is 0.494 e. The van der Waals surface area contributed by atoms with Crippen LogP contribution in [0.5, 0.6) is 5.75 Å². The van der Waals surface area contributed by atoms with Crippen LogP contribution in [0.25, 0.3) is 0 Å². The van der Waals surface area contributed by atoms with Gasteiger partial charge in [-0.25, -0.2) is 8.42 Å². The first-order valence-corrected chi connectivity index (χ1v) is 10.2.